The SMILES string of the molecule is COc1ccc(OCc2cc(F)ccc2Br)c(C(=O)O)c1. The summed E-state index contributed by atoms with van der Waals surface area (Å²) in [6.45, 7) is 0.0466. The molecular weight excluding hydrogens is 343 g/mol. The second-order valence-electron chi connectivity index (χ2n) is 4.19. The molecule has 21 heavy (non-hydrogen) atoms. The van der Waals surface area contributed by atoms with E-state index in [1.807, 2.05) is 0 Å². The van der Waals surface area contributed by atoms with Crippen molar-refractivity contribution < 1.29 is 23.8 Å². The molecule has 0 fully saturated rings. The van der Waals surface area contributed by atoms with Gasteiger partial charge in [-0.15, -0.1) is 0 Å². The number of benzene rings is 2. The number of halogens is 2. The molecule has 0 atom stereocenters. The number of carbonyl (C=O) groups is 1. The topological polar surface area (TPSA) is 55.8 Å². The first kappa shape index (κ1) is 15.3. The molecule has 110 valence electrons. The summed E-state index contributed by atoms with van der Waals surface area (Å²) in [5.41, 5.74) is 0.573. The number of hydrogen-bond acceptors (Lipinski definition) is 3. The van der Waals surface area contributed by atoms with E-state index in [2.05, 4.69) is 15.9 Å². The van der Waals surface area contributed by atoms with Crippen molar-refractivity contribution in [1.29, 1.82) is 0 Å². The van der Waals surface area contributed by atoms with Crippen molar-refractivity contribution >= 4 is 21.9 Å². The van der Waals surface area contributed by atoms with Gasteiger partial charge >= 0.3 is 5.97 Å². The molecule has 0 amide bonds. The lowest BCUT2D eigenvalue weighted by atomic mass is 10.2. The Morgan fingerprint density at radius 1 is 1.29 bits per heavy atom. The van der Waals surface area contributed by atoms with Crippen molar-refractivity contribution in [3.63, 3.8) is 0 Å². The van der Waals surface area contributed by atoms with Crippen LogP contribution in [0.3, 0.4) is 0 Å². The Morgan fingerprint density at radius 2 is 2.05 bits per heavy atom. The molecule has 2 aromatic rings. The Labute approximate surface area is 129 Å². The van der Waals surface area contributed by atoms with E-state index in [0.717, 1.165) is 0 Å². The number of aromatic carboxylic acids is 1. The highest BCUT2D eigenvalue weighted by Gasteiger charge is 2.13. The number of carboxylic acids is 1. The summed E-state index contributed by atoms with van der Waals surface area (Å²) in [5.74, 6) is -0.890. The van der Waals surface area contributed by atoms with Crippen LogP contribution in [-0.4, -0.2) is 18.2 Å². The fraction of sp³-hybridized carbons (Fsp3) is 0.133. The molecular formula is C15H12BrFO4. The Morgan fingerprint density at radius 3 is 2.71 bits per heavy atom. The van der Waals surface area contributed by atoms with Gasteiger partial charge in [0.2, 0.25) is 0 Å². The molecule has 0 unspecified atom stereocenters. The summed E-state index contributed by atoms with van der Waals surface area (Å²) < 4.78 is 24.3. The molecule has 0 aliphatic rings. The summed E-state index contributed by atoms with van der Waals surface area (Å²) in [6.07, 6.45) is 0. The highest BCUT2D eigenvalue weighted by molar-refractivity contribution is 9.10. The first-order valence-electron chi connectivity index (χ1n) is 5.99. The first-order chi connectivity index (χ1) is 10.0. The molecule has 0 heterocycles. The quantitative estimate of drug-likeness (QED) is 0.885. The molecule has 0 saturated carbocycles. The predicted octanol–water partition coefficient (Wildman–Crippen LogP) is 3.87. The Balaban J connectivity index is 2.23. The van der Waals surface area contributed by atoms with Crippen LogP contribution >= 0.6 is 15.9 Å². The van der Waals surface area contributed by atoms with Crippen molar-refractivity contribution in [2.24, 2.45) is 0 Å². The third kappa shape index (κ3) is 3.72. The summed E-state index contributed by atoms with van der Waals surface area (Å²) in [7, 11) is 1.45. The molecule has 0 aromatic heterocycles. The molecule has 2 aromatic carbocycles. The van der Waals surface area contributed by atoms with Gasteiger partial charge in [0.05, 0.1) is 7.11 Å². The van der Waals surface area contributed by atoms with Crippen molar-refractivity contribution in [2.75, 3.05) is 7.11 Å². The third-order valence-corrected chi connectivity index (χ3v) is 3.58. The summed E-state index contributed by atoms with van der Waals surface area (Å²) in [4.78, 5) is 11.2. The van der Waals surface area contributed by atoms with E-state index in [4.69, 9.17) is 9.47 Å². The van der Waals surface area contributed by atoms with Gasteiger partial charge in [-0.2, -0.15) is 0 Å². The van der Waals surface area contributed by atoms with Crippen molar-refractivity contribution in [1.82, 2.24) is 0 Å². The standard InChI is InChI=1S/C15H12BrFO4/c1-20-11-3-5-14(12(7-11)15(18)19)21-8-9-6-10(17)2-4-13(9)16/h2-7H,8H2,1H3,(H,18,19). The molecule has 0 aliphatic carbocycles. The maximum atomic E-state index is 13.2. The Bertz CT molecular complexity index is 673. The molecule has 0 saturated heterocycles. The maximum Gasteiger partial charge on any atom is 0.339 e. The molecule has 0 spiro atoms. The lowest BCUT2D eigenvalue weighted by molar-refractivity contribution is 0.0691. The van der Waals surface area contributed by atoms with Crippen LogP contribution in [0.15, 0.2) is 40.9 Å². The number of carboxylic acid groups (broad SMARTS) is 1. The molecule has 0 aliphatic heterocycles. The average molecular weight is 355 g/mol. The fourth-order valence-corrected chi connectivity index (χ4v) is 2.10. The second kappa shape index (κ2) is 6.58. The molecule has 6 heteroatoms. The van der Waals surface area contributed by atoms with Crippen LogP contribution in [0.25, 0.3) is 0 Å². The highest BCUT2D eigenvalue weighted by Crippen LogP contribution is 2.26. The van der Waals surface area contributed by atoms with Crippen molar-refractivity contribution in [3.05, 3.63) is 57.8 Å². The van der Waals surface area contributed by atoms with Crippen molar-refractivity contribution in [3.8, 4) is 11.5 Å². The minimum Gasteiger partial charge on any atom is -0.497 e. The normalized spacial score (nSPS) is 10.2. The number of hydrogen-bond donors (Lipinski definition) is 1. The van der Waals surface area contributed by atoms with E-state index in [-0.39, 0.29) is 23.7 Å². The van der Waals surface area contributed by atoms with Crippen LogP contribution in [0.2, 0.25) is 0 Å². The lowest BCUT2D eigenvalue weighted by Gasteiger charge is -2.11. The molecule has 0 bridgehead atoms. The lowest BCUT2D eigenvalue weighted by Crippen LogP contribution is -2.04. The highest BCUT2D eigenvalue weighted by atomic mass is 79.9. The van der Waals surface area contributed by atoms with Gasteiger partial charge < -0.3 is 14.6 Å². The van der Waals surface area contributed by atoms with Gasteiger partial charge in [-0.3, -0.25) is 0 Å². The van der Waals surface area contributed by atoms with Crippen LogP contribution in [0, 0.1) is 5.82 Å². The van der Waals surface area contributed by atoms with Gasteiger partial charge in [-0.1, -0.05) is 15.9 Å². The average Bonchev–Trinajstić information content (AvgIpc) is 2.48. The smallest absolute Gasteiger partial charge is 0.339 e. The van der Waals surface area contributed by atoms with Gasteiger partial charge in [0.15, 0.2) is 0 Å². The van der Waals surface area contributed by atoms with Gasteiger partial charge in [-0.05, 0) is 36.4 Å². The van der Waals surface area contributed by atoms with Crippen LogP contribution in [0.1, 0.15) is 15.9 Å². The molecule has 0 radical (unpaired) electrons. The molecule has 1 N–H and O–H groups in total. The van der Waals surface area contributed by atoms with Crippen LogP contribution in [0.4, 0.5) is 4.39 Å². The number of methoxy groups -OCH3 is 1. The van der Waals surface area contributed by atoms with Gasteiger partial charge in [-0.25, -0.2) is 9.18 Å². The molecule has 4 nitrogen and oxygen atoms in total. The molecule has 2 rings (SSSR count). The fourth-order valence-electron chi connectivity index (χ4n) is 1.74. The summed E-state index contributed by atoms with van der Waals surface area (Å²) >= 11 is 3.29. The predicted molar refractivity (Wildman–Crippen MR) is 78.4 cm³/mol. The second-order valence-corrected chi connectivity index (χ2v) is 5.05. The largest absolute Gasteiger partial charge is 0.497 e. The number of rotatable bonds is 5. The monoisotopic (exact) mass is 354 g/mol. The van der Waals surface area contributed by atoms with E-state index in [1.54, 1.807) is 12.1 Å². The van der Waals surface area contributed by atoms with Crippen LogP contribution < -0.4 is 9.47 Å². The Hall–Kier alpha value is -2.08. The van der Waals surface area contributed by atoms with Crippen molar-refractivity contribution in [2.45, 2.75) is 6.61 Å². The zero-order valence-electron chi connectivity index (χ0n) is 11.1. The zero-order chi connectivity index (χ0) is 15.4. The van der Waals surface area contributed by atoms with Gasteiger partial charge in [0.25, 0.3) is 0 Å². The third-order valence-electron chi connectivity index (χ3n) is 2.81. The minimum atomic E-state index is -1.12. The van der Waals surface area contributed by atoms with E-state index < -0.39 is 5.97 Å². The van der Waals surface area contributed by atoms with Gasteiger partial charge in [0.1, 0.15) is 29.5 Å². The van der Waals surface area contributed by atoms with E-state index in [0.29, 0.717) is 15.8 Å². The van der Waals surface area contributed by atoms with Crippen LogP contribution in [-0.2, 0) is 6.61 Å². The van der Waals surface area contributed by atoms with E-state index >= 15 is 0 Å². The number of ether oxygens (including phenoxy) is 2. The maximum absolute atomic E-state index is 13.2. The zero-order valence-corrected chi connectivity index (χ0v) is 12.7. The van der Waals surface area contributed by atoms with E-state index in [1.165, 1.54) is 31.4 Å². The van der Waals surface area contributed by atoms with Gasteiger partial charge in [0, 0.05) is 10.0 Å². The summed E-state index contributed by atoms with van der Waals surface area (Å²) in [6, 6.07) is 8.70. The first-order valence-corrected chi connectivity index (χ1v) is 6.78. The Kier molecular flexibility index (Phi) is 4.80. The van der Waals surface area contributed by atoms with E-state index in [9.17, 15) is 14.3 Å². The summed E-state index contributed by atoms with van der Waals surface area (Å²) in [5, 5.41) is 9.18. The van der Waals surface area contributed by atoms with Crippen LogP contribution in [0.5, 0.6) is 11.5 Å². The minimum absolute atomic E-state index is 0.0122.